The van der Waals surface area contributed by atoms with E-state index < -0.39 is 0 Å². The minimum atomic E-state index is -0.209. The van der Waals surface area contributed by atoms with Crippen LogP contribution in [0.15, 0.2) is 42.5 Å². The molecule has 20 heavy (non-hydrogen) atoms. The van der Waals surface area contributed by atoms with Crippen LogP contribution in [0.1, 0.15) is 35.8 Å². The third-order valence-corrected chi connectivity index (χ3v) is 3.07. The van der Waals surface area contributed by atoms with Gasteiger partial charge in [0.25, 0.3) is 5.91 Å². The largest absolute Gasteiger partial charge is 0.373 e. The lowest BCUT2D eigenvalue weighted by Gasteiger charge is -2.08. The minimum Gasteiger partial charge on any atom is -0.373 e. The second kappa shape index (κ2) is 6.19. The van der Waals surface area contributed by atoms with Crippen molar-refractivity contribution in [3.8, 4) is 0 Å². The summed E-state index contributed by atoms with van der Waals surface area (Å²) in [7, 11) is 1.77. The van der Waals surface area contributed by atoms with Gasteiger partial charge in [0.1, 0.15) is 11.5 Å². The maximum Gasteiger partial charge on any atom is 0.274 e. The Morgan fingerprint density at radius 2 is 1.80 bits per heavy atom. The van der Waals surface area contributed by atoms with E-state index in [1.165, 1.54) is 5.56 Å². The van der Waals surface area contributed by atoms with Crippen molar-refractivity contribution in [3.63, 3.8) is 0 Å². The normalized spacial score (nSPS) is 10.4. The summed E-state index contributed by atoms with van der Waals surface area (Å²) in [5.41, 5.74) is 2.42. The van der Waals surface area contributed by atoms with Gasteiger partial charge in [0.2, 0.25) is 0 Å². The summed E-state index contributed by atoms with van der Waals surface area (Å²) in [5.74, 6) is 0.945. The van der Waals surface area contributed by atoms with Gasteiger partial charge in [-0.05, 0) is 35.7 Å². The van der Waals surface area contributed by atoms with Crippen molar-refractivity contribution in [3.05, 3.63) is 53.7 Å². The molecule has 0 spiro atoms. The van der Waals surface area contributed by atoms with E-state index >= 15 is 0 Å². The zero-order valence-corrected chi connectivity index (χ0v) is 12.0. The maximum absolute atomic E-state index is 12.1. The van der Waals surface area contributed by atoms with Gasteiger partial charge in [-0.25, -0.2) is 4.98 Å². The van der Waals surface area contributed by atoms with Gasteiger partial charge < -0.3 is 10.6 Å². The fraction of sp³-hybridized carbons (Fsp3) is 0.250. The van der Waals surface area contributed by atoms with Crippen LogP contribution in [-0.2, 0) is 0 Å². The monoisotopic (exact) mass is 269 g/mol. The lowest BCUT2D eigenvalue weighted by atomic mass is 10.0. The third-order valence-electron chi connectivity index (χ3n) is 3.07. The van der Waals surface area contributed by atoms with E-state index in [2.05, 4.69) is 29.5 Å². The van der Waals surface area contributed by atoms with Crippen molar-refractivity contribution < 1.29 is 4.79 Å². The first-order chi connectivity index (χ1) is 9.60. The van der Waals surface area contributed by atoms with Gasteiger partial charge in [0, 0.05) is 12.7 Å². The molecule has 2 N–H and O–H groups in total. The first-order valence-electron chi connectivity index (χ1n) is 6.66. The van der Waals surface area contributed by atoms with Crippen molar-refractivity contribution >= 4 is 17.4 Å². The Morgan fingerprint density at radius 3 is 2.40 bits per heavy atom. The number of aromatic nitrogens is 1. The molecule has 4 heteroatoms. The van der Waals surface area contributed by atoms with Crippen LogP contribution in [0.25, 0.3) is 0 Å². The van der Waals surface area contributed by atoms with E-state index in [0.717, 1.165) is 5.69 Å². The van der Waals surface area contributed by atoms with Crippen LogP contribution < -0.4 is 10.6 Å². The van der Waals surface area contributed by atoms with Crippen LogP contribution in [0, 0.1) is 0 Å². The Kier molecular flexibility index (Phi) is 4.35. The van der Waals surface area contributed by atoms with Gasteiger partial charge in [-0.1, -0.05) is 32.0 Å². The number of pyridine rings is 1. The summed E-state index contributed by atoms with van der Waals surface area (Å²) in [6.45, 7) is 4.28. The summed E-state index contributed by atoms with van der Waals surface area (Å²) in [6.07, 6.45) is 0. The average Bonchev–Trinajstić information content (AvgIpc) is 2.47. The fourth-order valence-electron chi connectivity index (χ4n) is 1.85. The standard InChI is InChI=1S/C16H19N3O/c1-11(2)12-7-9-13(10-8-12)18-16(20)14-5-4-6-15(17-3)19-14/h4-11H,1-3H3,(H,17,19)(H,18,20). The number of nitrogens with one attached hydrogen (secondary N) is 2. The molecule has 0 unspecified atom stereocenters. The molecule has 0 saturated carbocycles. The van der Waals surface area contributed by atoms with Crippen LogP contribution in [-0.4, -0.2) is 17.9 Å². The van der Waals surface area contributed by atoms with E-state index in [4.69, 9.17) is 0 Å². The van der Waals surface area contributed by atoms with Gasteiger partial charge in [-0.3, -0.25) is 4.79 Å². The van der Waals surface area contributed by atoms with Crippen molar-refractivity contribution in [1.29, 1.82) is 0 Å². The lowest BCUT2D eigenvalue weighted by Crippen LogP contribution is -2.14. The van der Waals surface area contributed by atoms with Gasteiger partial charge in [-0.2, -0.15) is 0 Å². The molecular formula is C16H19N3O. The molecular weight excluding hydrogens is 250 g/mol. The second-order valence-electron chi connectivity index (χ2n) is 4.89. The van der Waals surface area contributed by atoms with Crippen LogP contribution in [0.2, 0.25) is 0 Å². The molecule has 1 amide bonds. The molecule has 2 rings (SSSR count). The zero-order chi connectivity index (χ0) is 14.5. The molecule has 0 radical (unpaired) electrons. The molecule has 0 aliphatic heterocycles. The Balaban J connectivity index is 2.10. The van der Waals surface area contributed by atoms with Gasteiger partial charge in [0.05, 0.1) is 0 Å². The van der Waals surface area contributed by atoms with Gasteiger partial charge in [0.15, 0.2) is 0 Å². The summed E-state index contributed by atoms with van der Waals surface area (Å²) in [5, 5.41) is 5.76. The molecule has 0 fully saturated rings. The van der Waals surface area contributed by atoms with Crippen molar-refractivity contribution in [1.82, 2.24) is 4.98 Å². The number of rotatable bonds is 4. The first-order valence-corrected chi connectivity index (χ1v) is 6.66. The number of anilines is 2. The summed E-state index contributed by atoms with van der Waals surface area (Å²) in [4.78, 5) is 16.3. The number of nitrogens with zero attached hydrogens (tertiary/aromatic N) is 1. The van der Waals surface area contributed by atoms with Gasteiger partial charge in [-0.15, -0.1) is 0 Å². The highest BCUT2D eigenvalue weighted by Crippen LogP contribution is 2.17. The van der Waals surface area contributed by atoms with E-state index in [1.54, 1.807) is 19.2 Å². The molecule has 0 aliphatic rings. The average molecular weight is 269 g/mol. The second-order valence-corrected chi connectivity index (χ2v) is 4.89. The van der Waals surface area contributed by atoms with Crippen LogP contribution in [0.4, 0.5) is 11.5 Å². The smallest absolute Gasteiger partial charge is 0.274 e. The van der Waals surface area contributed by atoms with Gasteiger partial charge >= 0.3 is 0 Å². The van der Waals surface area contributed by atoms with Crippen molar-refractivity contribution in [2.24, 2.45) is 0 Å². The molecule has 104 valence electrons. The summed E-state index contributed by atoms with van der Waals surface area (Å²) in [6, 6.07) is 13.2. The summed E-state index contributed by atoms with van der Waals surface area (Å²) < 4.78 is 0. The fourth-order valence-corrected chi connectivity index (χ4v) is 1.85. The third kappa shape index (κ3) is 3.35. The number of carbonyl (C=O) groups excluding carboxylic acids is 1. The Labute approximate surface area is 119 Å². The maximum atomic E-state index is 12.1. The Morgan fingerprint density at radius 1 is 1.10 bits per heavy atom. The molecule has 0 aliphatic carbocycles. The highest BCUT2D eigenvalue weighted by Gasteiger charge is 2.08. The summed E-state index contributed by atoms with van der Waals surface area (Å²) >= 11 is 0. The predicted molar refractivity (Wildman–Crippen MR) is 82.3 cm³/mol. The highest BCUT2D eigenvalue weighted by molar-refractivity contribution is 6.03. The quantitative estimate of drug-likeness (QED) is 0.893. The predicted octanol–water partition coefficient (Wildman–Crippen LogP) is 3.50. The molecule has 1 aromatic heterocycles. The molecule has 0 atom stereocenters. The Hall–Kier alpha value is -2.36. The first kappa shape index (κ1) is 14.1. The number of amides is 1. The number of benzene rings is 1. The molecule has 1 heterocycles. The van der Waals surface area contributed by atoms with E-state index in [0.29, 0.717) is 17.4 Å². The van der Waals surface area contributed by atoms with E-state index in [9.17, 15) is 4.79 Å². The van der Waals surface area contributed by atoms with Crippen molar-refractivity contribution in [2.45, 2.75) is 19.8 Å². The SMILES string of the molecule is CNc1cccc(C(=O)Nc2ccc(C(C)C)cc2)n1. The Bertz CT molecular complexity index is 591. The van der Waals surface area contributed by atoms with Crippen LogP contribution in [0.5, 0.6) is 0 Å². The van der Waals surface area contributed by atoms with E-state index in [1.807, 2.05) is 30.3 Å². The van der Waals surface area contributed by atoms with E-state index in [-0.39, 0.29) is 5.91 Å². The zero-order valence-electron chi connectivity index (χ0n) is 12.0. The van der Waals surface area contributed by atoms with Crippen LogP contribution >= 0.6 is 0 Å². The highest BCUT2D eigenvalue weighted by atomic mass is 16.1. The van der Waals surface area contributed by atoms with Crippen LogP contribution in [0.3, 0.4) is 0 Å². The number of hydrogen-bond donors (Lipinski definition) is 2. The van der Waals surface area contributed by atoms with Crippen molar-refractivity contribution in [2.75, 3.05) is 17.7 Å². The molecule has 0 bridgehead atoms. The lowest BCUT2D eigenvalue weighted by molar-refractivity contribution is 0.102. The number of carbonyl (C=O) groups is 1. The minimum absolute atomic E-state index is 0.209. The molecule has 0 saturated heterocycles. The number of hydrogen-bond acceptors (Lipinski definition) is 3. The molecule has 2 aromatic rings. The molecule has 1 aromatic carbocycles. The topological polar surface area (TPSA) is 54.0 Å². The molecule has 4 nitrogen and oxygen atoms in total.